The van der Waals surface area contributed by atoms with Crippen LogP contribution < -0.4 is 11.2 Å². The lowest BCUT2D eigenvalue weighted by Gasteiger charge is -2.01. The number of nitrogens with one attached hydrogen (secondary N) is 1. The van der Waals surface area contributed by atoms with Crippen LogP contribution in [0.15, 0.2) is 33.9 Å². The van der Waals surface area contributed by atoms with Gasteiger partial charge in [-0.15, -0.1) is 0 Å². The smallest absolute Gasteiger partial charge is 0.257 e. The van der Waals surface area contributed by atoms with E-state index in [9.17, 15) is 9.59 Å². The van der Waals surface area contributed by atoms with Gasteiger partial charge in [-0.1, -0.05) is 23.9 Å². The summed E-state index contributed by atoms with van der Waals surface area (Å²) in [4.78, 5) is 30.5. The van der Waals surface area contributed by atoms with Crippen molar-refractivity contribution in [2.75, 3.05) is 12.4 Å². The Hall–Kier alpha value is -2.06. The number of hydroxylamine groups is 1. The minimum absolute atomic E-state index is 0.0611. The number of carbonyl (C=O) groups is 2. The van der Waals surface area contributed by atoms with Crippen LogP contribution >= 0.6 is 11.8 Å². The van der Waals surface area contributed by atoms with E-state index in [-0.39, 0.29) is 12.4 Å². The molecule has 1 aromatic carbocycles. The Bertz CT molecular complexity index is 565. The number of hydrogen-bond donors (Lipinski definition) is 2. The van der Waals surface area contributed by atoms with Gasteiger partial charge in [0.05, 0.1) is 5.75 Å². The lowest BCUT2D eigenvalue weighted by Crippen LogP contribution is -2.30. The van der Waals surface area contributed by atoms with Crippen LogP contribution in [0.4, 0.5) is 0 Å². The Morgan fingerprint density at radius 1 is 1.42 bits per heavy atom. The lowest BCUT2D eigenvalue weighted by molar-refractivity contribution is -0.135. The molecule has 0 atom stereocenters. The van der Waals surface area contributed by atoms with Gasteiger partial charge in [0.1, 0.15) is 5.52 Å². The molecular formula is C11H11N3O4S. The van der Waals surface area contributed by atoms with E-state index in [1.807, 2.05) is 18.2 Å². The Morgan fingerprint density at radius 2 is 2.21 bits per heavy atom. The molecule has 2 amide bonds. The van der Waals surface area contributed by atoms with Gasteiger partial charge in [-0.3, -0.25) is 14.4 Å². The fraction of sp³-hybridized carbons (Fsp3) is 0.182. The first-order valence-corrected chi connectivity index (χ1v) is 6.31. The molecule has 100 valence electrons. The van der Waals surface area contributed by atoms with Crippen molar-refractivity contribution in [1.29, 1.82) is 0 Å². The van der Waals surface area contributed by atoms with Crippen molar-refractivity contribution in [3.63, 3.8) is 0 Å². The molecule has 0 saturated carbocycles. The average Bonchev–Trinajstić information content (AvgIpc) is 2.78. The molecule has 0 aliphatic rings. The van der Waals surface area contributed by atoms with E-state index in [4.69, 9.17) is 10.2 Å². The summed E-state index contributed by atoms with van der Waals surface area (Å²) in [5.41, 5.74) is 8.32. The Morgan fingerprint density at radius 3 is 2.95 bits per heavy atom. The van der Waals surface area contributed by atoms with Crippen LogP contribution in [-0.2, 0) is 14.4 Å². The fourth-order valence-corrected chi connectivity index (χ4v) is 1.88. The van der Waals surface area contributed by atoms with Crippen LogP contribution in [0.5, 0.6) is 0 Å². The highest BCUT2D eigenvalue weighted by atomic mass is 32.2. The van der Waals surface area contributed by atoms with Gasteiger partial charge in [-0.25, -0.2) is 10.5 Å². The number of para-hydroxylation sites is 2. The van der Waals surface area contributed by atoms with Gasteiger partial charge in [0, 0.05) is 0 Å². The number of benzene rings is 1. The van der Waals surface area contributed by atoms with Gasteiger partial charge >= 0.3 is 0 Å². The molecule has 0 unspecified atom stereocenters. The number of carbonyl (C=O) groups excluding carboxylic acids is 2. The topological polar surface area (TPSA) is 107 Å². The van der Waals surface area contributed by atoms with Gasteiger partial charge in [0.15, 0.2) is 12.2 Å². The molecule has 0 bridgehead atoms. The molecule has 3 N–H and O–H groups in total. The number of primary amides is 1. The molecule has 0 fully saturated rings. The zero-order valence-electron chi connectivity index (χ0n) is 9.79. The second-order valence-corrected chi connectivity index (χ2v) is 4.44. The highest BCUT2D eigenvalue weighted by Gasteiger charge is 2.09. The third kappa shape index (κ3) is 3.97. The number of nitrogens with zero attached hydrogens (tertiary/aromatic N) is 1. The average molecular weight is 281 g/mol. The Balaban J connectivity index is 1.81. The number of hydrogen-bond acceptors (Lipinski definition) is 6. The van der Waals surface area contributed by atoms with Gasteiger partial charge in [-0.05, 0) is 12.1 Å². The molecule has 8 heteroatoms. The molecule has 1 heterocycles. The lowest BCUT2D eigenvalue weighted by atomic mass is 10.3. The monoisotopic (exact) mass is 281 g/mol. The molecule has 1 aromatic heterocycles. The van der Waals surface area contributed by atoms with Crippen LogP contribution in [0.3, 0.4) is 0 Å². The first kappa shape index (κ1) is 13.4. The maximum atomic E-state index is 11.3. The number of nitrogens with two attached hydrogens (primary N) is 1. The predicted molar refractivity (Wildman–Crippen MR) is 68.0 cm³/mol. The maximum absolute atomic E-state index is 11.3. The van der Waals surface area contributed by atoms with Crippen molar-refractivity contribution in [3.05, 3.63) is 24.3 Å². The van der Waals surface area contributed by atoms with Gasteiger partial charge in [0.25, 0.3) is 11.1 Å². The quantitative estimate of drug-likeness (QED) is 0.588. The molecule has 2 rings (SSSR count). The molecule has 0 aliphatic carbocycles. The number of thioether (sulfide) groups is 1. The number of aromatic nitrogens is 1. The summed E-state index contributed by atoms with van der Waals surface area (Å²) < 4.78 is 5.42. The standard InChI is InChI=1S/C11H11N3O4S/c12-9(15)5-17-14-10(16)6-19-11-13-7-3-1-2-4-8(7)18-11/h1-4H,5-6H2,(H2,12,15)(H,14,16). The SMILES string of the molecule is NC(=O)CONC(=O)CSc1nc2ccccc2o1. The molecule has 0 radical (unpaired) electrons. The summed E-state index contributed by atoms with van der Waals surface area (Å²) in [5, 5.41) is 0.395. The molecular weight excluding hydrogens is 270 g/mol. The Kier molecular flexibility index (Phi) is 4.37. The highest BCUT2D eigenvalue weighted by molar-refractivity contribution is 7.99. The van der Waals surface area contributed by atoms with Crippen molar-refractivity contribution < 1.29 is 18.8 Å². The number of rotatable bonds is 6. The summed E-state index contributed by atoms with van der Waals surface area (Å²) in [6.07, 6.45) is 0. The first-order valence-electron chi connectivity index (χ1n) is 5.32. The van der Waals surface area contributed by atoms with E-state index in [1.165, 1.54) is 0 Å². The van der Waals surface area contributed by atoms with E-state index in [0.29, 0.717) is 10.8 Å². The van der Waals surface area contributed by atoms with E-state index < -0.39 is 11.8 Å². The van der Waals surface area contributed by atoms with Crippen molar-refractivity contribution in [2.24, 2.45) is 5.73 Å². The predicted octanol–water partition coefficient (Wildman–Crippen LogP) is 0.453. The van der Waals surface area contributed by atoms with Crippen molar-refractivity contribution in [2.45, 2.75) is 5.22 Å². The van der Waals surface area contributed by atoms with Gasteiger partial charge in [-0.2, -0.15) is 0 Å². The Labute approximate surface area is 112 Å². The zero-order chi connectivity index (χ0) is 13.7. The molecule has 0 saturated heterocycles. The van der Waals surface area contributed by atoms with Crippen LogP contribution in [-0.4, -0.2) is 29.2 Å². The van der Waals surface area contributed by atoms with Crippen molar-refractivity contribution in [3.8, 4) is 0 Å². The highest BCUT2D eigenvalue weighted by Crippen LogP contribution is 2.22. The van der Waals surface area contributed by atoms with E-state index >= 15 is 0 Å². The summed E-state index contributed by atoms with van der Waals surface area (Å²) in [7, 11) is 0. The van der Waals surface area contributed by atoms with Crippen molar-refractivity contribution >= 4 is 34.7 Å². The number of amides is 2. The van der Waals surface area contributed by atoms with Crippen LogP contribution in [0.1, 0.15) is 0 Å². The number of fused-ring (bicyclic) bond motifs is 1. The largest absolute Gasteiger partial charge is 0.431 e. The molecule has 0 spiro atoms. The zero-order valence-corrected chi connectivity index (χ0v) is 10.6. The van der Waals surface area contributed by atoms with E-state index in [2.05, 4.69) is 15.3 Å². The van der Waals surface area contributed by atoms with E-state index in [0.717, 1.165) is 17.3 Å². The summed E-state index contributed by atoms with van der Waals surface area (Å²) in [5.74, 6) is -1.01. The second kappa shape index (κ2) is 6.21. The third-order valence-electron chi connectivity index (χ3n) is 2.00. The van der Waals surface area contributed by atoms with Crippen LogP contribution in [0.2, 0.25) is 0 Å². The van der Waals surface area contributed by atoms with Gasteiger partial charge < -0.3 is 10.2 Å². The molecule has 7 nitrogen and oxygen atoms in total. The molecule has 19 heavy (non-hydrogen) atoms. The van der Waals surface area contributed by atoms with Crippen LogP contribution in [0, 0.1) is 0 Å². The number of oxazole rings is 1. The second-order valence-electron chi connectivity index (χ2n) is 3.52. The summed E-state index contributed by atoms with van der Waals surface area (Å²) in [6.45, 7) is -0.362. The minimum Gasteiger partial charge on any atom is -0.431 e. The minimum atomic E-state index is -0.660. The van der Waals surface area contributed by atoms with E-state index in [1.54, 1.807) is 6.07 Å². The van der Waals surface area contributed by atoms with Crippen molar-refractivity contribution in [1.82, 2.24) is 10.5 Å². The fourth-order valence-electron chi connectivity index (χ4n) is 1.26. The normalized spacial score (nSPS) is 10.5. The molecule has 2 aromatic rings. The summed E-state index contributed by atoms with van der Waals surface area (Å²) >= 11 is 1.13. The summed E-state index contributed by atoms with van der Waals surface area (Å²) in [6, 6.07) is 7.30. The van der Waals surface area contributed by atoms with Gasteiger partial charge in [0.2, 0.25) is 5.91 Å². The maximum Gasteiger partial charge on any atom is 0.257 e. The third-order valence-corrected chi connectivity index (χ3v) is 2.83. The molecule has 0 aliphatic heterocycles. The first-order chi connectivity index (χ1) is 9.15. The van der Waals surface area contributed by atoms with Crippen LogP contribution in [0.25, 0.3) is 11.1 Å².